The van der Waals surface area contributed by atoms with Crippen LogP contribution in [0.5, 0.6) is 11.5 Å². The molecule has 1 aromatic carbocycles. The smallest absolute Gasteiger partial charge is 0.255 e. The van der Waals surface area contributed by atoms with Crippen LogP contribution < -0.4 is 19.7 Å². The first-order valence-corrected chi connectivity index (χ1v) is 12.1. The van der Waals surface area contributed by atoms with E-state index in [0.717, 1.165) is 36.5 Å². The van der Waals surface area contributed by atoms with E-state index in [2.05, 4.69) is 22.1 Å². The molecule has 2 saturated carbocycles. The van der Waals surface area contributed by atoms with Gasteiger partial charge in [0.25, 0.3) is 5.92 Å². The van der Waals surface area contributed by atoms with Crippen molar-refractivity contribution in [1.29, 1.82) is 0 Å². The van der Waals surface area contributed by atoms with Gasteiger partial charge in [0.15, 0.2) is 0 Å². The summed E-state index contributed by atoms with van der Waals surface area (Å²) in [4.78, 5) is 19.0. The summed E-state index contributed by atoms with van der Waals surface area (Å²) in [6, 6.07) is 11.7. The number of benzene rings is 1. The van der Waals surface area contributed by atoms with Crippen molar-refractivity contribution in [3.8, 4) is 11.5 Å². The fourth-order valence-electron chi connectivity index (χ4n) is 4.33. The van der Waals surface area contributed by atoms with Gasteiger partial charge in [-0.15, -0.1) is 0 Å². The number of pyridine rings is 1. The van der Waals surface area contributed by atoms with Crippen LogP contribution in [-0.4, -0.2) is 48.7 Å². The van der Waals surface area contributed by atoms with E-state index in [1.165, 1.54) is 0 Å². The molecule has 34 heavy (non-hydrogen) atoms. The predicted octanol–water partition coefficient (Wildman–Crippen LogP) is 4.40. The third-order valence-corrected chi connectivity index (χ3v) is 7.11. The number of nitrogens with one attached hydrogen (secondary N) is 1. The van der Waals surface area contributed by atoms with Gasteiger partial charge in [0.1, 0.15) is 23.4 Å². The highest BCUT2D eigenvalue weighted by molar-refractivity contribution is 5.83. The Morgan fingerprint density at radius 3 is 2.56 bits per heavy atom. The maximum atomic E-state index is 13.0. The number of nitrogens with zero attached hydrogens (tertiary/aromatic N) is 2. The highest BCUT2D eigenvalue weighted by Crippen LogP contribution is 2.48. The predicted molar refractivity (Wildman–Crippen MR) is 125 cm³/mol. The van der Waals surface area contributed by atoms with Gasteiger partial charge in [-0.05, 0) is 49.1 Å². The van der Waals surface area contributed by atoms with Crippen LogP contribution in [0.2, 0.25) is 0 Å². The standard InChI is InChI=1S/C26H31F2N3O3/c1-16-11-23(16)30-25(32)17(2)18-3-5-20(6-4-18)34-22-9-10-31(14-22)24-8-7-21(13-29-24)33-15-19-12-26(19,27)28/h3-8,13,16-17,19,22-23H,9-12,14-15H2,1-2H3,(H,30,32). The topological polar surface area (TPSA) is 63.7 Å². The molecule has 1 amide bonds. The van der Waals surface area contributed by atoms with Gasteiger partial charge in [-0.25, -0.2) is 13.8 Å². The lowest BCUT2D eigenvalue weighted by Gasteiger charge is -2.19. The SMILES string of the molecule is CC(C(=O)NC1CC1C)c1ccc(OC2CCN(c3ccc(OCC4CC4(F)F)cn3)C2)cc1. The van der Waals surface area contributed by atoms with E-state index in [4.69, 9.17) is 9.47 Å². The second-order valence-corrected chi connectivity index (χ2v) is 9.92. The zero-order valence-corrected chi connectivity index (χ0v) is 19.5. The van der Waals surface area contributed by atoms with Crippen molar-refractivity contribution in [2.45, 2.75) is 57.1 Å². The molecule has 0 bridgehead atoms. The highest BCUT2D eigenvalue weighted by atomic mass is 19.3. The Morgan fingerprint density at radius 2 is 1.94 bits per heavy atom. The Balaban J connectivity index is 1.09. The molecule has 0 radical (unpaired) electrons. The molecular weight excluding hydrogens is 440 g/mol. The fourth-order valence-corrected chi connectivity index (χ4v) is 4.33. The maximum absolute atomic E-state index is 13.0. The summed E-state index contributed by atoms with van der Waals surface area (Å²) < 4.78 is 37.5. The van der Waals surface area contributed by atoms with Crippen LogP contribution in [-0.2, 0) is 4.79 Å². The average molecular weight is 472 g/mol. The summed E-state index contributed by atoms with van der Waals surface area (Å²) in [7, 11) is 0. The summed E-state index contributed by atoms with van der Waals surface area (Å²) in [5, 5.41) is 3.10. The van der Waals surface area contributed by atoms with Crippen molar-refractivity contribution in [2.75, 3.05) is 24.6 Å². The minimum atomic E-state index is -2.57. The maximum Gasteiger partial charge on any atom is 0.255 e. The number of halogens is 2. The monoisotopic (exact) mass is 471 g/mol. The molecule has 5 atom stereocenters. The summed E-state index contributed by atoms with van der Waals surface area (Å²) >= 11 is 0. The molecule has 1 aliphatic heterocycles. The number of ether oxygens (including phenoxy) is 2. The lowest BCUT2D eigenvalue weighted by atomic mass is 10.0. The van der Waals surface area contributed by atoms with E-state index >= 15 is 0 Å². The second-order valence-electron chi connectivity index (χ2n) is 9.92. The molecule has 1 aromatic heterocycles. The van der Waals surface area contributed by atoms with E-state index in [1.54, 1.807) is 12.3 Å². The normalized spacial score (nSPS) is 27.7. The molecule has 8 heteroatoms. The molecular formula is C26H31F2N3O3. The first kappa shape index (κ1) is 22.9. The van der Waals surface area contributed by atoms with Gasteiger partial charge < -0.3 is 19.7 Å². The molecule has 1 saturated heterocycles. The highest BCUT2D eigenvalue weighted by Gasteiger charge is 2.57. The summed E-state index contributed by atoms with van der Waals surface area (Å²) in [5.74, 6) is -0.672. The lowest BCUT2D eigenvalue weighted by molar-refractivity contribution is -0.122. The zero-order chi connectivity index (χ0) is 23.9. The van der Waals surface area contributed by atoms with Crippen molar-refractivity contribution < 1.29 is 23.0 Å². The second kappa shape index (κ2) is 9.04. The van der Waals surface area contributed by atoms with Crippen LogP contribution in [0.1, 0.15) is 44.6 Å². The Morgan fingerprint density at radius 1 is 1.24 bits per heavy atom. The molecule has 3 aliphatic rings. The fraction of sp³-hybridized carbons (Fsp3) is 0.538. The molecule has 182 valence electrons. The van der Waals surface area contributed by atoms with E-state index in [9.17, 15) is 13.6 Å². The van der Waals surface area contributed by atoms with E-state index in [1.807, 2.05) is 37.3 Å². The first-order valence-electron chi connectivity index (χ1n) is 12.1. The van der Waals surface area contributed by atoms with Crippen molar-refractivity contribution in [2.24, 2.45) is 11.8 Å². The number of hydrogen-bond acceptors (Lipinski definition) is 5. The van der Waals surface area contributed by atoms with Gasteiger partial charge in [-0.1, -0.05) is 19.1 Å². The van der Waals surface area contributed by atoms with Crippen LogP contribution >= 0.6 is 0 Å². The lowest BCUT2D eigenvalue weighted by Crippen LogP contribution is -2.30. The summed E-state index contributed by atoms with van der Waals surface area (Å²) in [5.41, 5.74) is 0.975. The van der Waals surface area contributed by atoms with E-state index in [0.29, 0.717) is 24.3 Å². The molecule has 5 rings (SSSR count). The van der Waals surface area contributed by atoms with Crippen LogP contribution in [0.4, 0.5) is 14.6 Å². The van der Waals surface area contributed by atoms with Crippen LogP contribution in [0.3, 0.4) is 0 Å². The molecule has 2 aromatic rings. The molecule has 1 N–H and O–H groups in total. The third-order valence-electron chi connectivity index (χ3n) is 7.11. The Hall–Kier alpha value is -2.90. The van der Waals surface area contributed by atoms with Gasteiger partial charge in [0, 0.05) is 25.4 Å². The number of hydrogen-bond donors (Lipinski definition) is 1. The van der Waals surface area contributed by atoms with Crippen molar-refractivity contribution >= 4 is 11.7 Å². The number of amides is 1. The average Bonchev–Trinajstić information content (AvgIpc) is 3.60. The molecule has 3 fully saturated rings. The van der Waals surface area contributed by atoms with Crippen molar-refractivity contribution in [3.05, 3.63) is 48.2 Å². The number of rotatable bonds is 9. The van der Waals surface area contributed by atoms with Gasteiger partial charge in [-0.2, -0.15) is 0 Å². The minimum absolute atomic E-state index is 0.0234. The molecule has 6 nitrogen and oxygen atoms in total. The van der Waals surface area contributed by atoms with E-state index in [-0.39, 0.29) is 31.0 Å². The number of carbonyl (C=O) groups is 1. The summed E-state index contributed by atoms with van der Waals surface area (Å²) in [6.45, 7) is 5.63. The largest absolute Gasteiger partial charge is 0.491 e. The van der Waals surface area contributed by atoms with Crippen LogP contribution in [0.25, 0.3) is 0 Å². The van der Waals surface area contributed by atoms with Crippen molar-refractivity contribution in [1.82, 2.24) is 10.3 Å². The number of aromatic nitrogens is 1. The Kier molecular flexibility index (Phi) is 6.08. The van der Waals surface area contributed by atoms with Gasteiger partial charge in [0.05, 0.1) is 31.2 Å². The molecule has 0 spiro atoms. The summed E-state index contributed by atoms with van der Waals surface area (Å²) in [6.07, 6.45) is 3.47. The van der Waals surface area contributed by atoms with Crippen LogP contribution in [0.15, 0.2) is 42.6 Å². The van der Waals surface area contributed by atoms with Crippen molar-refractivity contribution in [3.63, 3.8) is 0 Å². The van der Waals surface area contributed by atoms with E-state index < -0.39 is 11.8 Å². The number of anilines is 1. The first-order chi connectivity index (χ1) is 16.3. The number of alkyl halides is 2. The van der Waals surface area contributed by atoms with Gasteiger partial charge >= 0.3 is 0 Å². The molecule has 2 heterocycles. The zero-order valence-electron chi connectivity index (χ0n) is 19.5. The Labute approximate surface area is 198 Å². The molecule has 2 aliphatic carbocycles. The minimum Gasteiger partial charge on any atom is -0.491 e. The Bertz CT molecular complexity index is 1010. The quantitative estimate of drug-likeness (QED) is 0.587. The molecule has 5 unspecified atom stereocenters. The van der Waals surface area contributed by atoms with Gasteiger partial charge in [-0.3, -0.25) is 4.79 Å². The number of carbonyl (C=O) groups excluding carboxylic acids is 1. The third kappa shape index (κ3) is 5.26. The van der Waals surface area contributed by atoms with Crippen LogP contribution in [0, 0.1) is 11.8 Å². The van der Waals surface area contributed by atoms with Gasteiger partial charge in [0.2, 0.25) is 5.91 Å².